The van der Waals surface area contributed by atoms with Gasteiger partial charge in [0.2, 0.25) is 5.69 Å². The smallest absolute Gasteiger partial charge is 0.364 e. The van der Waals surface area contributed by atoms with Crippen LogP contribution in [0, 0.1) is 17.0 Å². The number of hydrogen-bond donors (Lipinski definition) is 0. The van der Waals surface area contributed by atoms with Crippen LogP contribution in [0.5, 0.6) is 0 Å². The van der Waals surface area contributed by atoms with Crippen molar-refractivity contribution in [3.63, 3.8) is 0 Å². The first-order valence-corrected chi connectivity index (χ1v) is 4.99. The lowest BCUT2D eigenvalue weighted by atomic mass is 10.1. The van der Waals surface area contributed by atoms with Gasteiger partial charge in [0.25, 0.3) is 0 Å². The molecule has 0 aromatic carbocycles. The number of nitrogens with zero attached hydrogens (tertiary/aromatic N) is 2. The van der Waals surface area contributed by atoms with E-state index in [-0.39, 0.29) is 12.2 Å². The first kappa shape index (κ1) is 13.9. The van der Waals surface area contributed by atoms with Crippen LogP contribution in [0.3, 0.4) is 0 Å². The molecule has 0 saturated carbocycles. The second-order valence-electron chi connectivity index (χ2n) is 3.34. The van der Waals surface area contributed by atoms with Crippen LogP contribution in [0.2, 0.25) is 0 Å². The molecule has 1 aromatic rings. The van der Waals surface area contributed by atoms with Crippen LogP contribution < -0.4 is 0 Å². The zero-order valence-corrected chi connectivity index (χ0v) is 9.65. The molecule has 0 atom stereocenters. The molecule has 18 heavy (non-hydrogen) atoms. The summed E-state index contributed by atoms with van der Waals surface area (Å²) in [5, 5.41) is 10.5. The zero-order valence-electron chi connectivity index (χ0n) is 9.65. The topological polar surface area (TPSA) is 82.3 Å². The minimum atomic E-state index is -3.09. The van der Waals surface area contributed by atoms with Crippen LogP contribution in [0.4, 0.5) is 14.6 Å². The summed E-state index contributed by atoms with van der Waals surface area (Å²) in [6.45, 7) is 2.85. The van der Waals surface area contributed by atoms with Gasteiger partial charge >= 0.3 is 18.2 Å². The molecule has 0 saturated heterocycles. The fourth-order valence-electron chi connectivity index (χ4n) is 1.40. The summed E-state index contributed by atoms with van der Waals surface area (Å²) >= 11 is 0. The van der Waals surface area contributed by atoms with Gasteiger partial charge in [-0.15, -0.1) is 0 Å². The average molecular weight is 260 g/mol. The Balaban J connectivity index is 3.41. The van der Waals surface area contributed by atoms with Gasteiger partial charge in [-0.3, -0.25) is 0 Å². The summed E-state index contributed by atoms with van der Waals surface area (Å²) in [5.41, 5.74) is -1.32. The lowest BCUT2D eigenvalue weighted by Crippen LogP contribution is -2.13. The molecule has 0 amide bonds. The fourth-order valence-corrected chi connectivity index (χ4v) is 1.40. The van der Waals surface area contributed by atoms with Crippen molar-refractivity contribution in [2.24, 2.45) is 0 Å². The van der Waals surface area contributed by atoms with Crippen molar-refractivity contribution in [3.05, 3.63) is 33.0 Å². The van der Waals surface area contributed by atoms with E-state index in [1.165, 1.54) is 13.8 Å². The molecule has 0 unspecified atom stereocenters. The predicted molar refractivity (Wildman–Crippen MR) is 56.5 cm³/mol. The quantitative estimate of drug-likeness (QED) is 0.471. The van der Waals surface area contributed by atoms with Crippen LogP contribution in [0.25, 0.3) is 0 Å². The third-order valence-corrected chi connectivity index (χ3v) is 2.10. The number of carbonyl (C=O) groups excluding carboxylic acids is 1. The molecule has 0 spiro atoms. The molecule has 0 aliphatic heterocycles. The zero-order chi connectivity index (χ0) is 13.9. The Bertz CT molecular complexity index is 491. The molecule has 6 nitrogen and oxygen atoms in total. The van der Waals surface area contributed by atoms with Gasteiger partial charge in [0.1, 0.15) is 5.56 Å². The van der Waals surface area contributed by atoms with E-state index in [2.05, 4.69) is 9.72 Å². The van der Waals surface area contributed by atoms with E-state index < -0.39 is 34.4 Å². The SMILES string of the molecule is CCOC(=O)c1c(C)cc([N+](=O)[O-])nc1C(F)F. The lowest BCUT2D eigenvalue weighted by molar-refractivity contribution is -0.389. The maximum Gasteiger partial charge on any atom is 0.364 e. The third kappa shape index (κ3) is 2.76. The van der Waals surface area contributed by atoms with Crippen LogP contribution in [-0.2, 0) is 4.74 Å². The molecule has 0 bridgehead atoms. The van der Waals surface area contributed by atoms with Gasteiger partial charge < -0.3 is 14.9 Å². The van der Waals surface area contributed by atoms with Gasteiger partial charge in [-0.2, -0.15) is 0 Å². The number of aromatic nitrogens is 1. The number of alkyl halides is 2. The number of nitro groups is 1. The van der Waals surface area contributed by atoms with Crippen LogP contribution in [0.15, 0.2) is 6.07 Å². The van der Waals surface area contributed by atoms with Crippen molar-refractivity contribution in [2.45, 2.75) is 20.3 Å². The maximum atomic E-state index is 12.8. The first-order chi connectivity index (χ1) is 8.38. The Morgan fingerprint density at radius 1 is 1.61 bits per heavy atom. The molecular formula is C10H10F2N2O4. The van der Waals surface area contributed by atoms with Gasteiger partial charge in [0, 0.05) is 6.07 Å². The molecular weight excluding hydrogens is 250 g/mol. The van der Waals surface area contributed by atoms with Gasteiger partial charge in [-0.05, 0) is 29.3 Å². The van der Waals surface area contributed by atoms with Gasteiger partial charge in [-0.1, -0.05) is 0 Å². The highest BCUT2D eigenvalue weighted by Crippen LogP contribution is 2.27. The second-order valence-corrected chi connectivity index (χ2v) is 3.34. The highest BCUT2D eigenvalue weighted by Gasteiger charge is 2.30. The van der Waals surface area contributed by atoms with E-state index >= 15 is 0 Å². The van der Waals surface area contributed by atoms with Gasteiger partial charge in [0.15, 0.2) is 0 Å². The third-order valence-electron chi connectivity index (χ3n) is 2.10. The summed E-state index contributed by atoms with van der Waals surface area (Å²) in [6, 6.07) is 0.956. The number of rotatable bonds is 4. The Kier molecular flexibility index (Phi) is 4.24. The number of carbonyl (C=O) groups is 1. The van der Waals surface area contributed by atoms with Crippen molar-refractivity contribution in [1.82, 2.24) is 4.98 Å². The number of pyridine rings is 1. The molecule has 0 fully saturated rings. The molecule has 8 heteroatoms. The van der Waals surface area contributed by atoms with Crippen LogP contribution in [-0.4, -0.2) is 22.5 Å². The summed E-state index contributed by atoms with van der Waals surface area (Å²) in [7, 11) is 0. The Labute approximate surface area is 101 Å². The summed E-state index contributed by atoms with van der Waals surface area (Å²) in [4.78, 5) is 24.3. The average Bonchev–Trinajstić information content (AvgIpc) is 2.27. The summed E-state index contributed by atoms with van der Waals surface area (Å²) in [5.74, 6) is -1.69. The number of esters is 1. The van der Waals surface area contributed by atoms with Crippen LogP contribution >= 0.6 is 0 Å². The maximum absolute atomic E-state index is 12.8. The molecule has 98 valence electrons. The predicted octanol–water partition coefficient (Wildman–Crippen LogP) is 2.41. The Morgan fingerprint density at radius 2 is 2.22 bits per heavy atom. The monoisotopic (exact) mass is 260 g/mol. The van der Waals surface area contributed by atoms with Crippen molar-refractivity contribution in [3.8, 4) is 0 Å². The first-order valence-electron chi connectivity index (χ1n) is 4.99. The van der Waals surface area contributed by atoms with Gasteiger partial charge in [-0.25, -0.2) is 13.6 Å². The van der Waals surface area contributed by atoms with E-state index in [4.69, 9.17) is 0 Å². The fraction of sp³-hybridized carbons (Fsp3) is 0.400. The van der Waals surface area contributed by atoms with E-state index in [0.29, 0.717) is 0 Å². The van der Waals surface area contributed by atoms with E-state index in [9.17, 15) is 23.7 Å². The minimum absolute atomic E-state index is 0.0118. The highest BCUT2D eigenvalue weighted by molar-refractivity contribution is 5.92. The summed E-state index contributed by atoms with van der Waals surface area (Å²) in [6.07, 6.45) is -3.09. The van der Waals surface area contributed by atoms with E-state index in [0.717, 1.165) is 6.07 Å². The Hall–Kier alpha value is -2.12. The van der Waals surface area contributed by atoms with E-state index in [1.807, 2.05) is 0 Å². The van der Waals surface area contributed by atoms with Crippen molar-refractivity contribution < 1.29 is 23.2 Å². The van der Waals surface area contributed by atoms with E-state index in [1.54, 1.807) is 0 Å². The molecule has 0 radical (unpaired) electrons. The lowest BCUT2D eigenvalue weighted by Gasteiger charge is -2.07. The molecule has 1 aromatic heterocycles. The van der Waals surface area contributed by atoms with Crippen molar-refractivity contribution >= 4 is 11.8 Å². The van der Waals surface area contributed by atoms with Crippen molar-refractivity contribution in [1.29, 1.82) is 0 Å². The van der Waals surface area contributed by atoms with Crippen molar-refractivity contribution in [2.75, 3.05) is 6.61 Å². The normalized spacial score (nSPS) is 10.5. The molecule has 1 rings (SSSR count). The summed E-state index contributed by atoms with van der Waals surface area (Å²) < 4.78 is 30.1. The van der Waals surface area contributed by atoms with Gasteiger partial charge in [0.05, 0.1) is 6.61 Å². The Morgan fingerprint density at radius 3 is 2.67 bits per heavy atom. The second kappa shape index (κ2) is 5.48. The van der Waals surface area contributed by atoms with Crippen LogP contribution in [0.1, 0.15) is 35.0 Å². The largest absolute Gasteiger partial charge is 0.462 e. The number of halogens is 2. The number of aryl methyl sites for hydroxylation is 1. The minimum Gasteiger partial charge on any atom is -0.462 e. The molecule has 1 heterocycles. The molecule has 0 N–H and O–H groups in total. The standard InChI is InChI=1S/C10H10F2N2O4/c1-3-18-10(15)7-5(2)4-6(14(16)17)13-8(7)9(11)12/h4,9H,3H2,1-2H3. The highest BCUT2D eigenvalue weighted by atomic mass is 19.3. The number of hydrogen-bond acceptors (Lipinski definition) is 5. The molecule has 0 aliphatic rings. The number of ether oxygens (including phenoxy) is 1. The molecule has 0 aliphatic carbocycles.